The molecule has 0 aromatic heterocycles. The first kappa shape index (κ1) is 17.5. The molecule has 1 aliphatic rings. The van der Waals surface area contributed by atoms with E-state index in [0.29, 0.717) is 6.54 Å². The van der Waals surface area contributed by atoms with Gasteiger partial charge in [-0.3, -0.25) is 4.79 Å². The van der Waals surface area contributed by atoms with Crippen LogP contribution in [-0.2, 0) is 11.3 Å². The summed E-state index contributed by atoms with van der Waals surface area (Å²) in [6, 6.07) is 16.8. The van der Waals surface area contributed by atoms with Gasteiger partial charge < -0.3 is 9.80 Å². The Labute approximate surface area is 151 Å². The van der Waals surface area contributed by atoms with Crippen molar-refractivity contribution in [2.45, 2.75) is 39.7 Å². The topological polar surface area (TPSA) is 23.6 Å². The number of likely N-dealkylation sites (tertiary alicyclic amines) is 1. The molecular formula is C22H28N2O. The summed E-state index contributed by atoms with van der Waals surface area (Å²) in [5.41, 5.74) is 4.87. The number of hydrogen-bond acceptors (Lipinski definition) is 2. The molecule has 0 atom stereocenters. The van der Waals surface area contributed by atoms with Gasteiger partial charge in [0, 0.05) is 25.3 Å². The average Bonchev–Trinajstić information content (AvgIpc) is 2.63. The summed E-state index contributed by atoms with van der Waals surface area (Å²) in [6.07, 6.45) is 3.51. The van der Waals surface area contributed by atoms with E-state index in [1.54, 1.807) is 0 Å². The second-order valence-electron chi connectivity index (χ2n) is 7.02. The Kier molecular flexibility index (Phi) is 5.75. The normalized spacial score (nSPS) is 14.4. The molecule has 0 aliphatic carbocycles. The minimum atomic E-state index is 0.248. The monoisotopic (exact) mass is 336 g/mol. The van der Waals surface area contributed by atoms with E-state index < -0.39 is 0 Å². The maximum absolute atomic E-state index is 12.9. The van der Waals surface area contributed by atoms with Crippen molar-refractivity contribution in [1.29, 1.82) is 0 Å². The first-order valence-corrected chi connectivity index (χ1v) is 9.28. The number of aryl methyl sites for hydroxylation is 2. The highest BCUT2D eigenvalue weighted by Crippen LogP contribution is 2.26. The van der Waals surface area contributed by atoms with E-state index in [4.69, 9.17) is 0 Å². The number of benzene rings is 2. The first-order valence-electron chi connectivity index (χ1n) is 9.28. The van der Waals surface area contributed by atoms with Gasteiger partial charge in [0.2, 0.25) is 5.91 Å². The predicted octanol–water partition coefficient (Wildman–Crippen LogP) is 4.32. The molecule has 0 spiro atoms. The molecule has 2 aromatic rings. The third kappa shape index (κ3) is 4.41. The largest absolute Gasteiger partial charge is 0.357 e. The van der Waals surface area contributed by atoms with Crippen LogP contribution in [0.25, 0.3) is 0 Å². The van der Waals surface area contributed by atoms with Crippen LogP contribution in [0.3, 0.4) is 0 Å². The van der Waals surface area contributed by atoms with Gasteiger partial charge in [-0.2, -0.15) is 0 Å². The van der Waals surface area contributed by atoms with Crippen LogP contribution in [0.1, 0.15) is 36.0 Å². The van der Waals surface area contributed by atoms with Crippen molar-refractivity contribution < 1.29 is 4.79 Å². The Morgan fingerprint density at radius 3 is 2.20 bits per heavy atom. The Hall–Kier alpha value is -2.29. The molecule has 132 valence electrons. The van der Waals surface area contributed by atoms with Crippen LogP contribution in [0.15, 0.2) is 48.5 Å². The quantitative estimate of drug-likeness (QED) is 0.812. The van der Waals surface area contributed by atoms with Crippen molar-refractivity contribution in [3.63, 3.8) is 0 Å². The molecule has 0 unspecified atom stereocenters. The Morgan fingerprint density at radius 2 is 1.56 bits per heavy atom. The van der Waals surface area contributed by atoms with E-state index in [1.165, 1.54) is 28.8 Å². The van der Waals surface area contributed by atoms with Crippen LogP contribution in [0.4, 0.5) is 5.69 Å². The standard InChI is InChI=1S/C22H28N2O/c1-18-10-9-11-19(2)22(18)24(16-20-12-5-3-6-13-20)17-21(25)23-14-7-4-8-15-23/h3,5-6,9-13H,4,7-8,14-17H2,1-2H3. The average molecular weight is 336 g/mol. The summed E-state index contributed by atoms with van der Waals surface area (Å²) in [5, 5.41) is 0. The van der Waals surface area contributed by atoms with E-state index in [1.807, 2.05) is 11.0 Å². The van der Waals surface area contributed by atoms with Gasteiger partial charge in [0.15, 0.2) is 0 Å². The molecule has 25 heavy (non-hydrogen) atoms. The Bertz CT molecular complexity index is 685. The first-order chi connectivity index (χ1) is 12.1. The smallest absolute Gasteiger partial charge is 0.242 e. The van der Waals surface area contributed by atoms with Crippen molar-refractivity contribution in [3.8, 4) is 0 Å². The number of para-hydroxylation sites is 1. The number of piperidine rings is 1. The van der Waals surface area contributed by atoms with Gasteiger partial charge in [-0.1, -0.05) is 48.5 Å². The molecular weight excluding hydrogens is 308 g/mol. The molecule has 0 saturated carbocycles. The zero-order valence-electron chi connectivity index (χ0n) is 15.4. The molecule has 1 fully saturated rings. The van der Waals surface area contributed by atoms with Crippen molar-refractivity contribution in [2.24, 2.45) is 0 Å². The number of nitrogens with zero attached hydrogens (tertiary/aromatic N) is 2. The molecule has 0 bridgehead atoms. The summed E-state index contributed by atoms with van der Waals surface area (Å²) in [5.74, 6) is 0.248. The number of carbonyl (C=O) groups excluding carboxylic acids is 1. The molecule has 3 nitrogen and oxygen atoms in total. The number of anilines is 1. The molecule has 0 radical (unpaired) electrons. The van der Waals surface area contributed by atoms with Gasteiger partial charge in [0.05, 0.1) is 6.54 Å². The van der Waals surface area contributed by atoms with Gasteiger partial charge in [-0.25, -0.2) is 0 Å². The molecule has 1 saturated heterocycles. The summed E-state index contributed by atoms with van der Waals surface area (Å²) < 4.78 is 0. The van der Waals surface area contributed by atoms with E-state index in [0.717, 1.165) is 32.5 Å². The van der Waals surface area contributed by atoms with Crippen LogP contribution < -0.4 is 4.90 Å². The molecule has 1 heterocycles. The third-order valence-electron chi connectivity index (χ3n) is 5.01. The van der Waals surface area contributed by atoms with Crippen molar-refractivity contribution in [2.75, 3.05) is 24.5 Å². The Balaban J connectivity index is 1.84. The van der Waals surface area contributed by atoms with Crippen molar-refractivity contribution in [3.05, 3.63) is 65.2 Å². The van der Waals surface area contributed by atoms with Gasteiger partial charge in [-0.05, 0) is 49.8 Å². The van der Waals surface area contributed by atoms with Gasteiger partial charge >= 0.3 is 0 Å². The zero-order valence-corrected chi connectivity index (χ0v) is 15.4. The fourth-order valence-corrected chi connectivity index (χ4v) is 3.73. The second-order valence-corrected chi connectivity index (χ2v) is 7.02. The lowest BCUT2D eigenvalue weighted by Gasteiger charge is -2.32. The van der Waals surface area contributed by atoms with Gasteiger partial charge in [0.1, 0.15) is 0 Å². The predicted molar refractivity (Wildman–Crippen MR) is 104 cm³/mol. The molecule has 1 amide bonds. The third-order valence-corrected chi connectivity index (χ3v) is 5.01. The lowest BCUT2D eigenvalue weighted by Crippen LogP contribution is -2.43. The minimum absolute atomic E-state index is 0.248. The summed E-state index contributed by atoms with van der Waals surface area (Å²) in [4.78, 5) is 17.2. The fraction of sp³-hybridized carbons (Fsp3) is 0.409. The SMILES string of the molecule is Cc1cccc(C)c1N(CC(=O)N1CCCCC1)Cc1ccccc1. The maximum Gasteiger partial charge on any atom is 0.242 e. The number of amides is 1. The zero-order chi connectivity index (χ0) is 17.6. The maximum atomic E-state index is 12.9. The van der Waals surface area contributed by atoms with Crippen LogP contribution in [0, 0.1) is 13.8 Å². The van der Waals surface area contributed by atoms with Crippen LogP contribution >= 0.6 is 0 Å². The highest BCUT2D eigenvalue weighted by Gasteiger charge is 2.21. The van der Waals surface area contributed by atoms with E-state index in [9.17, 15) is 4.79 Å². The van der Waals surface area contributed by atoms with Crippen LogP contribution in [-0.4, -0.2) is 30.4 Å². The number of carbonyl (C=O) groups is 1. The van der Waals surface area contributed by atoms with Crippen molar-refractivity contribution >= 4 is 11.6 Å². The lowest BCUT2D eigenvalue weighted by atomic mass is 10.1. The lowest BCUT2D eigenvalue weighted by molar-refractivity contribution is -0.130. The number of hydrogen-bond donors (Lipinski definition) is 0. The molecule has 0 N–H and O–H groups in total. The second kappa shape index (κ2) is 8.19. The summed E-state index contributed by atoms with van der Waals surface area (Å²) in [7, 11) is 0. The molecule has 1 aliphatic heterocycles. The van der Waals surface area contributed by atoms with Crippen molar-refractivity contribution in [1.82, 2.24) is 4.90 Å². The fourth-order valence-electron chi connectivity index (χ4n) is 3.73. The summed E-state index contributed by atoms with van der Waals surface area (Å²) >= 11 is 0. The molecule has 2 aromatic carbocycles. The Morgan fingerprint density at radius 1 is 0.920 bits per heavy atom. The van der Waals surface area contributed by atoms with Gasteiger partial charge in [-0.15, -0.1) is 0 Å². The number of rotatable bonds is 5. The molecule has 3 rings (SSSR count). The summed E-state index contributed by atoms with van der Waals surface area (Å²) in [6.45, 7) is 7.28. The van der Waals surface area contributed by atoms with E-state index in [2.05, 4.69) is 61.2 Å². The minimum Gasteiger partial charge on any atom is -0.357 e. The van der Waals surface area contributed by atoms with Gasteiger partial charge in [0.25, 0.3) is 0 Å². The molecule has 3 heteroatoms. The van der Waals surface area contributed by atoms with Crippen LogP contribution in [0.5, 0.6) is 0 Å². The highest BCUT2D eigenvalue weighted by molar-refractivity contribution is 5.82. The highest BCUT2D eigenvalue weighted by atomic mass is 16.2. The van der Waals surface area contributed by atoms with E-state index >= 15 is 0 Å². The van der Waals surface area contributed by atoms with E-state index in [-0.39, 0.29) is 5.91 Å². The van der Waals surface area contributed by atoms with Crippen LogP contribution in [0.2, 0.25) is 0 Å².